The molecule has 94 valence electrons. The molecule has 2 rings (SSSR count). The molecule has 0 amide bonds. The fourth-order valence-electron chi connectivity index (χ4n) is 2.12. The van der Waals surface area contributed by atoms with Crippen molar-refractivity contribution in [2.75, 3.05) is 17.2 Å². The molecule has 1 fully saturated rings. The molecule has 1 aromatic carbocycles. The van der Waals surface area contributed by atoms with Gasteiger partial charge < -0.3 is 4.90 Å². The lowest BCUT2D eigenvalue weighted by Gasteiger charge is -2.39. The Bertz CT molecular complexity index is 397. The highest BCUT2D eigenvalue weighted by Gasteiger charge is 2.25. The summed E-state index contributed by atoms with van der Waals surface area (Å²) in [6.45, 7) is 5.79. The van der Waals surface area contributed by atoms with E-state index in [2.05, 4.69) is 80.6 Å². The van der Waals surface area contributed by atoms with Crippen molar-refractivity contribution in [3.05, 3.63) is 28.2 Å². The summed E-state index contributed by atoms with van der Waals surface area (Å²) in [6.07, 6.45) is 0. The molecule has 0 bridgehead atoms. The highest BCUT2D eigenvalue weighted by atomic mass is 79.9. The van der Waals surface area contributed by atoms with Crippen molar-refractivity contribution in [1.82, 2.24) is 0 Å². The van der Waals surface area contributed by atoms with Crippen molar-refractivity contribution in [2.45, 2.75) is 30.5 Å². The Morgan fingerprint density at radius 3 is 2.82 bits per heavy atom. The quantitative estimate of drug-likeness (QED) is 0.687. The smallest absolute Gasteiger partial charge is 0.0380 e. The Morgan fingerprint density at radius 1 is 1.41 bits per heavy atom. The van der Waals surface area contributed by atoms with Crippen molar-refractivity contribution in [1.29, 1.82) is 0 Å². The molecule has 0 saturated carbocycles. The van der Waals surface area contributed by atoms with Gasteiger partial charge in [0.25, 0.3) is 0 Å². The Kier molecular flexibility index (Phi) is 4.84. The number of anilines is 1. The predicted octanol–water partition coefficient (Wildman–Crippen LogP) is 4.67. The van der Waals surface area contributed by atoms with Gasteiger partial charge in [0.15, 0.2) is 0 Å². The van der Waals surface area contributed by atoms with Gasteiger partial charge in [-0.15, -0.1) is 0 Å². The van der Waals surface area contributed by atoms with Gasteiger partial charge in [-0.3, -0.25) is 0 Å². The van der Waals surface area contributed by atoms with E-state index in [1.807, 2.05) is 0 Å². The summed E-state index contributed by atoms with van der Waals surface area (Å²) in [4.78, 5) is 2.52. The molecule has 1 aliphatic rings. The predicted molar refractivity (Wildman–Crippen MR) is 85.5 cm³/mol. The largest absolute Gasteiger partial charge is 0.367 e. The van der Waals surface area contributed by atoms with Crippen molar-refractivity contribution in [3.8, 4) is 0 Å². The Morgan fingerprint density at radius 2 is 2.18 bits per heavy atom. The summed E-state index contributed by atoms with van der Waals surface area (Å²) in [5, 5.41) is 1.61. The summed E-state index contributed by atoms with van der Waals surface area (Å²) >= 11 is 9.23. The SMILES string of the molecule is CC1SCCN(c2ccc(CBr)c(Br)c2)C1C. The lowest BCUT2D eigenvalue weighted by molar-refractivity contribution is 0.627. The topological polar surface area (TPSA) is 3.24 Å². The summed E-state index contributed by atoms with van der Waals surface area (Å²) in [7, 11) is 0. The van der Waals surface area contributed by atoms with E-state index in [1.54, 1.807) is 0 Å². The van der Waals surface area contributed by atoms with E-state index in [1.165, 1.54) is 21.5 Å². The number of thioether (sulfide) groups is 1. The lowest BCUT2D eigenvalue weighted by atomic mass is 10.1. The molecule has 0 radical (unpaired) electrons. The Hall–Kier alpha value is 0.330. The Labute approximate surface area is 125 Å². The second-order valence-corrected chi connectivity index (χ2v) is 7.32. The monoisotopic (exact) mass is 377 g/mol. The van der Waals surface area contributed by atoms with Crippen LogP contribution in [0, 0.1) is 0 Å². The minimum absolute atomic E-state index is 0.607. The maximum Gasteiger partial charge on any atom is 0.0380 e. The van der Waals surface area contributed by atoms with Crippen LogP contribution in [0.25, 0.3) is 0 Å². The number of hydrogen-bond donors (Lipinski definition) is 0. The zero-order chi connectivity index (χ0) is 12.4. The third-order valence-electron chi connectivity index (χ3n) is 3.40. The lowest BCUT2D eigenvalue weighted by Crippen LogP contribution is -2.44. The summed E-state index contributed by atoms with van der Waals surface area (Å²) in [5.74, 6) is 1.23. The maximum atomic E-state index is 3.65. The first-order valence-corrected chi connectivity index (χ1v) is 8.82. The highest BCUT2D eigenvalue weighted by Crippen LogP contribution is 2.32. The zero-order valence-corrected chi connectivity index (χ0v) is 14.1. The summed E-state index contributed by atoms with van der Waals surface area (Å²) < 4.78 is 1.20. The molecule has 1 nitrogen and oxygen atoms in total. The summed E-state index contributed by atoms with van der Waals surface area (Å²) in [5.41, 5.74) is 2.64. The van der Waals surface area contributed by atoms with Gasteiger partial charge in [-0.25, -0.2) is 0 Å². The maximum absolute atomic E-state index is 3.65. The van der Waals surface area contributed by atoms with Crippen molar-refractivity contribution in [2.24, 2.45) is 0 Å². The summed E-state index contributed by atoms with van der Waals surface area (Å²) in [6, 6.07) is 7.29. The van der Waals surface area contributed by atoms with Crippen LogP contribution < -0.4 is 4.90 Å². The van der Waals surface area contributed by atoms with Crippen LogP contribution in [-0.2, 0) is 5.33 Å². The third kappa shape index (κ3) is 3.02. The zero-order valence-electron chi connectivity index (χ0n) is 10.1. The second kappa shape index (κ2) is 5.98. The fraction of sp³-hybridized carbons (Fsp3) is 0.538. The van der Waals surface area contributed by atoms with E-state index in [4.69, 9.17) is 0 Å². The van der Waals surface area contributed by atoms with Crippen molar-refractivity contribution < 1.29 is 0 Å². The molecule has 1 heterocycles. The van der Waals surface area contributed by atoms with Crippen LogP contribution in [0.1, 0.15) is 19.4 Å². The van der Waals surface area contributed by atoms with Gasteiger partial charge in [0, 0.05) is 39.1 Å². The van der Waals surface area contributed by atoms with Gasteiger partial charge >= 0.3 is 0 Å². The number of alkyl halides is 1. The normalized spacial score (nSPS) is 25.1. The number of nitrogens with zero attached hydrogens (tertiary/aromatic N) is 1. The average molecular weight is 379 g/mol. The van der Waals surface area contributed by atoms with E-state index >= 15 is 0 Å². The minimum Gasteiger partial charge on any atom is -0.367 e. The van der Waals surface area contributed by atoms with Crippen LogP contribution in [0.3, 0.4) is 0 Å². The van der Waals surface area contributed by atoms with Gasteiger partial charge in [-0.2, -0.15) is 11.8 Å². The van der Waals surface area contributed by atoms with Crippen molar-refractivity contribution in [3.63, 3.8) is 0 Å². The molecule has 1 aliphatic heterocycles. The molecular formula is C13H17Br2NS. The molecule has 0 aliphatic carbocycles. The van der Waals surface area contributed by atoms with Crippen LogP contribution in [0.4, 0.5) is 5.69 Å². The molecule has 0 aromatic heterocycles. The van der Waals surface area contributed by atoms with E-state index in [-0.39, 0.29) is 0 Å². The molecule has 2 unspecified atom stereocenters. The van der Waals surface area contributed by atoms with Crippen LogP contribution in [0.15, 0.2) is 22.7 Å². The van der Waals surface area contributed by atoms with Crippen LogP contribution in [0.2, 0.25) is 0 Å². The molecular weight excluding hydrogens is 362 g/mol. The second-order valence-electron chi connectivity index (χ2n) is 4.42. The molecule has 0 spiro atoms. The molecule has 1 saturated heterocycles. The molecule has 4 heteroatoms. The highest BCUT2D eigenvalue weighted by molar-refractivity contribution is 9.10. The first kappa shape index (κ1) is 13.8. The minimum atomic E-state index is 0.607. The van der Waals surface area contributed by atoms with Gasteiger partial charge in [-0.1, -0.05) is 44.8 Å². The van der Waals surface area contributed by atoms with Gasteiger partial charge in [0.05, 0.1) is 0 Å². The van der Waals surface area contributed by atoms with E-state index in [0.29, 0.717) is 11.3 Å². The van der Waals surface area contributed by atoms with Gasteiger partial charge in [0.2, 0.25) is 0 Å². The Balaban J connectivity index is 2.24. The van der Waals surface area contributed by atoms with Crippen LogP contribution in [0.5, 0.6) is 0 Å². The molecule has 17 heavy (non-hydrogen) atoms. The fourth-order valence-corrected chi connectivity index (χ4v) is 4.59. The number of rotatable bonds is 2. The first-order valence-electron chi connectivity index (χ1n) is 5.86. The molecule has 0 N–H and O–H groups in total. The number of hydrogen-bond acceptors (Lipinski definition) is 2. The van der Waals surface area contributed by atoms with E-state index < -0.39 is 0 Å². The van der Waals surface area contributed by atoms with E-state index in [9.17, 15) is 0 Å². The molecule has 2 atom stereocenters. The van der Waals surface area contributed by atoms with Crippen LogP contribution >= 0.6 is 43.6 Å². The number of halogens is 2. The molecule has 1 aromatic rings. The standard InChI is InChI=1S/C13H17Br2NS/c1-9-10(2)17-6-5-16(9)12-4-3-11(8-14)13(15)7-12/h3-4,7,9-10H,5-6,8H2,1-2H3. The van der Waals surface area contributed by atoms with E-state index in [0.717, 1.165) is 11.9 Å². The van der Waals surface area contributed by atoms with Crippen molar-refractivity contribution >= 4 is 49.3 Å². The number of benzene rings is 1. The third-order valence-corrected chi connectivity index (χ3v) is 6.08. The van der Waals surface area contributed by atoms with Crippen LogP contribution in [-0.4, -0.2) is 23.6 Å². The first-order chi connectivity index (χ1) is 8.13. The van der Waals surface area contributed by atoms with Gasteiger partial charge in [0.1, 0.15) is 0 Å². The van der Waals surface area contributed by atoms with Gasteiger partial charge in [-0.05, 0) is 24.6 Å². The average Bonchev–Trinajstić information content (AvgIpc) is 2.32.